The van der Waals surface area contributed by atoms with Gasteiger partial charge in [-0.1, -0.05) is 140 Å². The molecule has 1 aliphatic carbocycles. The highest BCUT2D eigenvalue weighted by atomic mass is 15.2. The third-order valence-corrected chi connectivity index (χ3v) is 9.71. The minimum atomic E-state index is 0.129. The Morgan fingerprint density at radius 2 is 1.12 bits per heavy atom. The smallest absolute Gasteiger partial charge is 0.0571 e. The van der Waals surface area contributed by atoms with Crippen LogP contribution >= 0.6 is 0 Å². The van der Waals surface area contributed by atoms with Crippen LogP contribution in [0.25, 0.3) is 44.2 Å². The highest BCUT2D eigenvalue weighted by Gasteiger charge is 2.25. The summed E-state index contributed by atoms with van der Waals surface area (Å²) in [4.78, 5) is 2.50. The summed E-state index contributed by atoms with van der Waals surface area (Å²) in [7, 11) is 0. The fourth-order valence-electron chi connectivity index (χ4n) is 7.42. The van der Waals surface area contributed by atoms with Crippen LogP contribution in [0.5, 0.6) is 0 Å². The maximum absolute atomic E-state index is 3.68. The van der Waals surface area contributed by atoms with Gasteiger partial charge in [-0.2, -0.15) is 0 Å². The molecule has 9 rings (SSSR count). The molecule has 2 nitrogen and oxygen atoms in total. The predicted octanol–water partition coefficient (Wildman–Crippen LogP) is 12.3. The molecule has 1 unspecified atom stereocenters. The van der Waals surface area contributed by atoms with Crippen LogP contribution in [0.15, 0.2) is 182 Å². The number of nitrogens with zero attached hydrogens (tertiary/aromatic N) is 1. The molecule has 7 aromatic rings. The van der Waals surface area contributed by atoms with Gasteiger partial charge in [0.1, 0.15) is 0 Å². The van der Waals surface area contributed by atoms with E-state index in [1.165, 1.54) is 72.4 Å². The van der Waals surface area contributed by atoms with E-state index in [0.717, 1.165) is 12.1 Å². The van der Waals surface area contributed by atoms with Crippen LogP contribution in [-0.4, -0.2) is 6.04 Å². The van der Waals surface area contributed by atoms with Crippen molar-refractivity contribution in [3.63, 3.8) is 0 Å². The summed E-state index contributed by atoms with van der Waals surface area (Å²) >= 11 is 0. The van der Waals surface area contributed by atoms with Gasteiger partial charge < -0.3 is 10.2 Å². The van der Waals surface area contributed by atoms with E-state index >= 15 is 0 Å². The SMILES string of the molecule is C1=C(c2ccccc2)C=C(c2ccccc2)CC1N(c1ccccc1)c1ccc(-c2ccc3c(c2)-c2cccc4cccc(c24)N3)cc1. The van der Waals surface area contributed by atoms with E-state index in [9.17, 15) is 0 Å². The highest BCUT2D eigenvalue weighted by molar-refractivity contribution is 6.11. The van der Waals surface area contributed by atoms with E-state index in [0.29, 0.717) is 0 Å². The van der Waals surface area contributed by atoms with Gasteiger partial charge in [-0.15, -0.1) is 0 Å². The number of hydrogen-bond donors (Lipinski definition) is 1. The van der Waals surface area contributed by atoms with Crippen molar-refractivity contribution in [1.82, 2.24) is 0 Å². The van der Waals surface area contributed by atoms with Crippen LogP contribution < -0.4 is 10.2 Å². The summed E-state index contributed by atoms with van der Waals surface area (Å²) in [6.07, 6.45) is 5.72. The van der Waals surface area contributed by atoms with Crippen molar-refractivity contribution in [3.05, 3.63) is 193 Å². The first-order chi connectivity index (χ1) is 23.8. The van der Waals surface area contributed by atoms with E-state index in [1.54, 1.807) is 0 Å². The number of anilines is 4. The molecule has 0 radical (unpaired) electrons. The number of benzene rings is 7. The molecule has 0 fully saturated rings. The molecule has 2 heteroatoms. The van der Waals surface area contributed by atoms with Gasteiger partial charge in [-0.25, -0.2) is 0 Å². The van der Waals surface area contributed by atoms with Crippen LogP contribution in [0.4, 0.5) is 22.7 Å². The Balaban J connectivity index is 1.11. The monoisotopic (exact) mass is 614 g/mol. The molecule has 0 saturated carbocycles. The zero-order valence-corrected chi connectivity index (χ0v) is 26.6. The molecule has 1 aliphatic heterocycles. The number of nitrogens with one attached hydrogen (secondary N) is 1. The Kier molecular flexibility index (Phi) is 6.98. The molecule has 48 heavy (non-hydrogen) atoms. The molecule has 0 saturated heterocycles. The minimum Gasteiger partial charge on any atom is -0.354 e. The van der Waals surface area contributed by atoms with Crippen molar-refractivity contribution >= 4 is 44.7 Å². The van der Waals surface area contributed by atoms with Crippen molar-refractivity contribution < 1.29 is 0 Å². The lowest BCUT2D eigenvalue weighted by Crippen LogP contribution is -2.31. The zero-order valence-electron chi connectivity index (χ0n) is 26.6. The highest BCUT2D eigenvalue weighted by Crippen LogP contribution is 2.45. The van der Waals surface area contributed by atoms with E-state index in [1.807, 2.05) is 0 Å². The molecule has 2 aliphatic rings. The van der Waals surface area contributed by atoms with E-state index in [2.05, 4.69) is 192 Å². The molecule has 0 aromatic heterocycles. The van der Waals surface area contributed by atoms with Crippen LogP contribution in [-0.2, 0) is 0 Å². The lowest BCUT2D eigenvalue weighted by atomic mass is 9.87. The minimum absolute atomic E-state index is 0.129. The Bertz CT molecular complexity index is 2310. The Morgan fingerprint density at radius 3 is 1.88 bits per heavy atom. The molecule has 1 heterocycles. The summed E-state index contributed by atoms with van der Waals surface area (Å²) < 4.78 is 0. The Morgan fingerprint density at radius 1 is 0.479 bits per heavy atom. The maximum atomic E-state index is 3.68. The Labute approximate surface area is 282 Å². The topological polar surface area (TPSA) is 15.3 Å². The van der Waals surface area contributed by atoms with E-state index < -0.39 is 0 Å². The van der Waals surface area contributed by atoms with Gasteiger partial charge in [0.15, 0.2) is 0 Å². The van der Waals surface area contributed by atoms with Crippen molar-refractivity contribution in [1.29, 1.82) is 0 Å². The zero-order chi connectivity index (χ0) is 31.9. The number of rotatable bonds is 6. The lowest BCUT2D eigenvalue weighted by Gasteiger charge is -2.35. The molecule has 0 amide bonds. The normalized spacial score (nSPS) is 14.8. The standard InChI is InChI=1S/C46H34N2/c1-4-12-32(13-5-1)37-28-38(33-14-6-2-7-15-33)30-41(29-37)48(39-18-8-3-9-19-39)40-25-22-34(23-26-40)36-24-27-44-43(31-36)42-20-10-16-35-17-11-21-45(47-44)46(35)42/h1-29,31,41,47H,30H2. The first kappa shape index (κ1) is 28.1. The number of fused-ring (bicyclic) bond motifs is 2. The number of allylic oxidation sites excluding steroid dienone is 2. The van der Waals surface area contributed by atoms with Gasteiger partial charge in [0, 0.05) is 33.7 Å². The first-order valence-corrected chi connectivity index (χ1v) is 16.7. The van der Waals surface area contributed by atoms with Crippen LogP contribution in [0.2, 0.25) is 0 Å². The largest absolute Gasteiger partial charge is 0.354 e. The van der Waals surface area contributed by atoms with Crippen molar-refractivity contribution in [2.24, 2.45) is 0 Å². The van der Waals surface area contributed by atoms with Crippen molar-refractivity contribution in [2.75, 3.05) is 10.2 Å². The molecule has 7 aromatic carbocycles. The predicted molar refractivity (Wildman–Crippen MR) is 204 cm³/mol. The van der Waals surface area contributed by atoms with Gasteiger partial charge >= 0.3 is 0 Å². The fourth-order valence-corrected chi connectivity index (χ4v) is 7.42. The quantitative estimate of drug-likeness (QED) is 0.200. The van der Waals surface area contributed by atoms with Crippen LogP contribution in [0.3, 0.4) is 0 Å². The van der Waals surface area contributed by atoms with E-state index in [4.69, 9.17) is 0 Å². The third-order valence-electron chi connectivity index (χ3n) is 9.71. The van der Waals surface area contributed by atoms with Crippen molar-refractivity contribution in [2.45, 2.75) is 12.5 Å². The summed E-state index contributed by atoms with van der Waals surface area (Å²) in [5, 5.41) is 6.23. The lowest BCUT2D eigenvalue weighted by molar-refractivity contribution is 0.798. The van der Waals surface area contributed by atoms with Crippen LogP contribution in [0.1, 0.15) is 17.5 Å². The van der Waals surface area contributed by atoms with Gasteiger partial charge in [-0.3, -0.25) is 0 Å². The molecule has 1 atom stereocenters. The average molecular weight is 615 g/mol. The summed E-state index contributed by atoms with van der Waals surface area (Å²) in [5.41, 5.74) is 14.7. The van der Waals surface area contributed by atoms with Crippen molar-refractivity contribution in [3.8, 4) is 22.3 Å². The number of hydrogen-bond acceptors (Lipinski definition) is 2. The molecular formula is C46H34N2. The Hall–Kier alpha value is -6.12. The maximum Gasteiger partial charge on any atom is 0.0571 e. The van der Waals surface area contributed by atoms with Gasteiger partial charge in [0.05, 0.1) is 6.04 Å². The molecule has 228 valence electrons. The third kappa shape index (κ3) is 5.09. The summed E-state index contributed by atoms with van der Waals surface area (Å²) in [5.74, 6) is 0. The molecule has 0 spiro atoms. The second-order valence-electron chi connectivity index (χ2n) is 12.6. The average Bonchev–Trinajstić information content (AvgIpc) is 3.16. The summed E-state index contributed by atoms with van der Waals surface area (Å²) in [6, 6.07) is 61.5. The molecular weight excluding hydrogens is 581 g/mol. The fraction of sp³-hybridized carbons (Fsp3) is 0.0435. The van der Waals surface area contributed by atoms with Crippen LogP contribution in [0, 0.1) is 0 Å². The summed E-state index contributed by atoms with van der Waals surface area (Å²) in [6.45, 7) is 0. The second-order valence-corrected chi connectivity index (χ2v) is 12.6. The van der Waals surface area contributed by atoms with Gasteiger partial charge in [0.2, 0.25) is 0 Å². The second kappa shape index (κ2) is 11.9. The molecule has 1 N–H and O–H groups in total. The van der Waals surface area contributed by atoms with Gasteiger partial charge in [0.25, 0.3) is 0 Å². The molecule has 0 bridgehead atoms. The van der Waals surface area contributed by atoms with E-state index in [-0.39, 0.29) is 6.04 Å². The number of para-hydroxylation sites is 1. The first-order valence-electron chi connectivity index (χ1n) is 16.7. The van der Waals surface area contributed by atoms with Gasteiger partial charge in [-0.05, 0) is 93.2 Å².